The van der Waals surface area contributed by atoms with Crippen LogP contribution in [0.4, 0.5) is 10.1 Å². The number of hydrogen-bond donors (Lipinski definition) is 3. The molecule has 3 rings (SSSR count). The zero-order valence-electron chi connectivity index (χ0n) is 14.5. The van der Waals surface area contributed by atoms with Crippen LogP contribution in [0.2, 0.25) is 0 Å². The van der Waals surface area contributed by atoms with Gasteiger partial charge in [0.1, 0.15) is 11.6 Å². The number of piperidine rings is 1. The minimum Gasteiger partial charge on any atom is -0.507 e. The van der Waals surface area contributed by atoms with E-state index in [9.17, 15) is 14.6 Å². The zero-order chi connectivity index (χ0) is 17.8. The van der Waals surface area contributed by atoms with Crippen molar-refractivity contribution in [2.75, 3.05) is 18.0 Å². The highest BCUT2D eigenvalue weighted by molar-refractivity contribution is 5.49. The van der Waals surface area contributed by atoms with Crippen LogP contribution in [0.5, 0.6) is 5.75 Å². The van der Waals surface area contributed by atoms with Gasteiger partial charge in [-0.1, -0.05) is 24.3 Å². The summed E-state index contributed by atoms with van der Waals surface area (Å²) < 4.78 is 14.4. The molecule has 25 heavy (non-hydrogen) atoms. The Morgan fingerprint density at radius 2 is 1.92 bits per heavy atom. The molecule has 0 aliphatic carbocycles. The van der Waals surface area contributed by atoms with Crippen molar-refractivity contribution in [3.8, 4) is 5.75 Å². The molecule has 0 amide bonds. The lowest BCUT2D eigenvalue weighted by atomic mass is 10.1. The van der Waals surface area contributed by atoms with Gasteiger partial charge in [0.15, 0.2) is 0 Å². The SMILES string of the molecule is Cc1cccc(CNCc2ccc(N3CCC(O)CC3)c(F)c2)c1O. The van der Waals surface area contributed by atoms with Gasteiger partial charge in [-0.05, 0) is 43.0 Å². The van der Waals surface area contributed by atoms with Crippen molar-refractivity contribution in [1.29, 1.82) is 0 Å². The van der Waals surface area contributed by atoms with E-state index in [0.717, 1.165) is 16.7 Å². The van der Waals surface area contributed by atoms with Crippen LogP contribution in [0, 0.1) is 12.7 Å². The second-order valence-corrected chi connectivity index (χ2v) is 6.69. The van der Waals surface area contributed by atoms with Crippen molar-refractivity contribution < 1.29 is 14.6 Å². The number of anilines is 1. The minimum atomic E-state index is -0.263. The fourth-order valence-corrected chi connectivity index (χ4v) is 3.23. The predicted octanol–water partition coefficient (Wildman–Crippen LogP) is 3.09. The lowest BCUT2D eigenvalue weighted by Crippen LogP contribution is -2.36. The van der Waals surface area contributed by atoms with Gasteiger partial charge in [0.2, 0.25) is 0 Å². The van der Waals surface area contributed by atoms with Crippen molar-refractivity contribution in [1.82, 2.24) is 5.32 Å². The molecule has 1 aliphatic heterocycles. The van der Waals surface area contributed by atoms with Gasteiger partial charge in [0.25, 0.3) is 0 Å². The van der Waals surface area contributed by atoms with Gasteiger partial charge in [0, 0.05) is 31.7 Å². The van der Waals surface area contributed by atoms with Gasteiger partial charge in [-0.25, -0.2) is 4.39 Å². The topological polar surface area (TPSA) is 55.7 Å². The first kappa shape index (κ1) is 17.7. The summed E-state index contributed by atoms with van der Waals surface area (Å²) in [7, 11) is 0. The van der Waals surface area contributed by atoms with E-state index in [-0.39, 0.29) is 11.9 Å². The lowest BCUT2D eigenvalue weighted by Gasteiger charge is -2.31. The summed E-state index contributed by atoms with van der Waals surface area (Å²) >= 11 is 0. The van der Waals surface area contributed by atoms with E-state index in [0.29, 0.717) is 50.5 Å². The maximum atomic E-state index is 14.4. The van der Waals surface area contributed by atoms with E-state index in [1.54, 1.807) is 6.07 Å². The monoisotopic (exact) mass is 344 g/mol. The van der Waals surface area contributed by atoms with Gasteiger partial charge in [-0.3, -0.25) is 0 Å². The van der Waals surface area contributed by atoms with Crippen molar-refractivity contribution in [3.63, 3.8) is 0 Å². The molecule has 4 nitrogen and oxygen atoms in total. The zero-order valence-corrected chi connectivity index (χ0v) is 14.5. The number of nitrogens with one attached hydrogen (secondary N) is 1. The second kappa shape index (κ2) is 7.85. The number of benzene rings is 2. The van der Waals surface area contributed by atoms with E-state index >= 15 is 0 Å². The third kappa shape index (κ3) is 4.30. The number of para-hydroxylation sites is 1. The number of aliphatic hydroxyl groups excluding tert-OH is 1. The van der Waals surface area contributed by atoms with Crippen LogP contribution in [-0.4, -0.2) is 29.4 Å². The van der Waals surface area contributed by atoms with Crippen LogP contribution >= 0.6 is 0 Å². The van der Waals surface area contributed by atoms with Crippen molar-refractivity contribution in [3.05, 3.63) is 58.9 Å². The molecular formula is C20H25FN2O2. The molecule has 0 saturated carbocycles. The number of aryl methyl sites for hydroxylation is 1. The average molecular weight is 344 g/mol. The summed E-state index contributed by atoms with van der Waals surface area (Å²) in [6.45, 7) is 4.29. The van der Waals surface area contributed by atoms with Crippen molar-refractivity contribution >= 4 is 5.69 Å². The van der Waals surface area contributed by atoms with E-state index in [4.69, 9.17) is 0 Å². The summed E-state index contributed by atoms with van der Waals surface area (Å²) in [6, 6.07) is 11.0. The lowest BCUT2D eigenvalue weighted by molar-refractivity contribution is 0.145. The molecule has 1 saturated heterocycles. The smallest absolute Gasteiger partial charge is 0.146 e. The molecule has 2 aromatic carbocycles. The molecule has 0 aromatic heterocycles. The van der Waals surface area contributed by atoms with Gasteiger partial charge in [-0.2, -0.15) is 0 Å². The summed E-state index contributed by atoms with van der Waals surface area (Å²) in [5.41, 5.74) is 3.16. The fraction of sp³-hybridized carbons (Fsp3) is 0.400. The summed E-state index contributed by atoms with van der Waals surface area (Å²) in [5, 5.41) is 22.8. The van der Waals surface area contributed by atoms with E-state index < -0.39 is 0 Å². The Kier molecular flexibility index (Phi) is 5.56. The first-order chi connectivity index (χ1) is 12.0. The number of phenolic OH excluding ortho intramolecular Hbond substituents is 1. The van der Waals surface area contributed by atoms with Gasteiger partial charge >= 0.3 is 0 Å². The number of rotatable bonds is 5. The average Bonchev–Trinajstić information content (AvgIpc) is 2.60. The number of nitrogens with zero attached hydrogens (tertiary/aromatic N) is 1. The number of aliphatic hydroxyl groups is 1. The van der Waals surface area contributed by atoms with Gasteiger partial charge in [0.05, 0.1) is 11.8 Å². The van der Waals surface area contributed by atoms with Crippen LogP contribution in [0.25, 0.3) is 0 Å². The maximum absolute atomic E-state index is 14.4. The minimum absolute atomic E-state index is 0.228. The molecule has 0 atom stereocenters. The number of hydrogen-bond acceptors (Lipinski definition) is 4. The molecular weight excluding hydrogens is 319 g/mol. The molecule has 0 radical (unpaired) electrons. The van der Waals surface area contributed by atoms with E-state index in [1.807, 2.05) is 42.2 Å². The third-order valence-electron chi connectivity index (χ3n) is 4.78. The molecule has 0 unspecified atom stereocenters. The van der Waals surface area contributed by atoms with Crippen LogP contribution in [0.3, 0.4) is 0 Å². The largest absolute Gasteiger partial charge is 0.507 e. The van der Waals surface area contributed by atoms with Crippen LogP contribution in [-0.2, 0) is 13.1 Å². The van der Waals surface area contributed by atoms with Crippen molar-refractivity contribution in [2.24, 2.45) is 0 Å². The summed E-state index contributed by atoms with van der Waals surface area (Å²) in [5.74, 6) is 0.0814. The Bertz CT molecular complexity index is 728. The third-order valence-corrected chi connectivity index (χ3v) is 4.78. The van der Waals surface area contributed by atoms with Gasteiger partial charge in [-0.15, -0.1) is 0 Å². The number of phenols is 1. The number of aromatic hydroxyl groups is 1. The standard InChI is InChI=1S/C20H25FN2O2/c1-14-3-2-4-16(20(14)25)13-22-12-15-5-6-19(18(21)11-15)23-9-7-17(24)8-10-23/h2-6,11,17,22,24-25H,7-10,12-13H2,1H3. The molecule has 1 fully saturated rings. The molecule has 0 spiro atoms. The predicted molar refractivity (Wildman–Crippen MR) is 97.2 cm³/mol. The van der Waals surface area contributed by atoms with Crippen LogP contribution in [0.1, 0.15) is 29.5 Å². The first-order valence-electron chi connectivity index (χ1n) is 8.74. The summed E-state index contributed by atoms with van der Waals surface area (Å²) in [4.78, 5) is 1.99. The fourth-order valence-electron chi connectivity index (χ4n) is 3.23. The Morgan fingerprint density at radius 3 is 2.64 bits per heavy atom. The molecule has 0 bridgehead atoms. The number of halogens is 1. The Balaban J connectivity index is 1.58. The molecule has 1 heterocycles. The van der Waals surface area contributed by atoms with E-state index in [1.165, 1.54) is 0 Å². The molecule has 5 heteroatoms. The molecule has 1 aliphatic rings. The maximum Gasteiger partial charge on any atom is 0.146 e. The highest BCUT2D eigenvalue weighted by Gasteiger charge is 2.19. The highest BCUT2D eigenvalue weighted by atomic mass is 19.1. The molecule has 134 valence electrons. The highest BCUT2D eigenvalue weighted by Crippen LogP contribution is 2.25. The second-order valence-electron chi connectivity index (χ2n) is 6.69. The quantitative estimate of drug-likeness (QED) is 0.780. The van der Waals surface area contributed by atoms with Crippen molar-refractivity contribution in [2.45, 2.75) is 39.0 Å². The first-order valence-corrected chi connectivity index (χ1v) is 8.74. The summed E-state index contributed by atoms with van der Waals surface area (Å²) in [6.07, 6.45) is 1.10. The molecule has 2 aromatic rings. The van der Waals surface area contributed by atoms with Crippen LogP contribution in [0.15, 0.2) is 36.4 Å². The van der Waals surface area contributed by atoms with Crippen LogP contribution < -0.4 is 10.2 Å². The Hall–Kier alpha value is -2.11. The molecule has 3 N–H and O–H groups in total. The van der Waals surface area contributed by atoms with Gasteiger partial charge < -0.3 is 20.4 Å². The Labute approximate surface area is 147 Å². The van der Waals surface area contributed by atoms with E-state index in [2.05, 4.69) is 5.32 Å². The normalized spacial score (nSPS) is 15.6. The Morgan fingerprint density at radius 1 is 1.16 bits per heavy atom.